The van der Waals surface area contributed by atoms with Gasteiger partial charge >= 0.3 is 0 Å². The van der Waals surface area contributed by atoms with Gasteiger partial charge in [-0.2, -0.15) is 0 Å². The van der Waals surface area contributed by atoms with Crippen LogP contribution in [0.1, 0.15) is 63.6 Å². The Labute approximate surface area is 653 Å². The maximum absolute atomic E-state index is 9.87. The van der Waals surface area contributed by atoms with E-state index in [0.29, 0.717) is 5.69 Å². The summed E-state index contributed by atoms with van der Waals surface area (Å²) in [4.78, 5) is 4.93. The zero-order chi connectivity index (χ0) is 80.6. The number of benzene rings is 16. The van der Waals surface area contributed by atoms with Crippen LogP contribution in [0.15, 0.2) is 364 Å². The number of fused-ring (bicyclic) bond motifs is 13. The Kier molecular flexibility index (Phi) is 13.0. The Morgan fingerprint density at radius 2 is 0.564 bits per heavy atom. The summed E-state index contributed by atoms with van der Waals surface area (Å²) >= 11 is 0. The van der Waals surface area contributed by atoms with Gasteiger partial charge in [0.25, 0.3) is 6.71 Å². The molecule has 19 aromatic rings. The molecule has 0 unspecified atom stereocenters. The molecule has 0 saturated heterocycles. The van der Waals surface area contributed by atoms with E-state index in [0.717, 1.165) is 150 Å². The minimum absolute atomic E-state index is 0.00748. The minimum atomic E-state index is -0.512. The predicted molar refractivity (Wildman–Crippen MR) is 468 cm³/mol. The Morgan fingerprint density at radius 3 is 0.973 bits per heavy atom. The second-order valence-corrected chi connectivity index (χ2v) is 31.5. The topological polar surface area (TPSA) is 21.3 Å². The van der Waals surface area contributed by atoms with Crippen LogP contribution in [0, 0.1) is 0 Å². The maximum Gasteiger partial charge on any atom is 0.252 e. The number of rotatable bonds is 10. The van der Waals surface area contributed by atoms with Gasteiger partial charge in [0.2, 0.25) is 0 Å². The molecule has 0 saturated carbocycles. The first-order valence-electron chi connectivity index (χ1n) is 41.9. The third-order valence-corrected chi connectivity index (χ3v) is 22.9. The van der Waals surface area contributed by atoms with E-state index < -0.39 is 43.0 Å². The molecule has 0 spiro atoms. The lowest BCUT2D eigenvalue weighted by atomic mass is 9.33. The van der Waals surface area contributed by atoms with Gasteiger partial charge in [0.15, 0.2) is 0 Å². The number of aromatic nitrogens is 3. The highest BCUT2D eigenvalue weighted by Crippen LogP contribution is 2.51. The van der Waals surface area contributed by atoms with Crippen molar-refractivity contribution in [1.29, 1.82) is 0 Å². The molecule has 0 N–H and O–H groups in total. The summed E-state index contributed by atoms with van der Waals surface area (Å²) in [5.74, 6) is 0. The highest BCUT2D eigenvalue weighted by atomic mass is 15.2. The third kappa shape index (κ3) is 10.5. The molecule has 5 heterocycles. The van der Waals surface area contributed by atoms with Crippen LogP contribution in [-0.2, 0) is 10.8 Å². The molecule has 3 aromatic heterocycles. The number of hydrogen-bond acceptors (Lipinski definition) is 2. The van der Waals surface area contributed by atoms with Gasteiger partial charge in [-0.3, -0.25) is 0 Å². The van der Waals surface area contributed by atoms with Crippen molar-refractivity contribution in [2.45, 2.75) is 52.4 Å². The minimum Gasteiger partial charge on any atom is -0.311 e. The number of para-hydroxylation sites is 5. The predicted octanol–water partition coefficient (Wildman–Crippen LogP) is 26.0. The summed E-state index contributed by atoms with van der Waals surface area (Å²) in [6.07, 6.45) is 0. The number of hydrogen-bond donors (Lipinski definition) is 0. The molecule has 2 aliphatic heterocycles. The van der Waals surface area contributed by atoms with Crippen molar-refractivity contribution in [1.82, 2.24) is 13.7 Å². The monoisotopic (exact) mass is 1420 g/mol. The van der Waals surface area contributed by atoms with E-state index in [1.807, 2.05) is 18.2 Å². The molecule has 2 aliphatic rings. The average molecular weight is 1420 g/mol. The Bertz CT molecular complexity index is 7170. The second kappa shape index (κ2) is 25.1. The van der Waals surface area contributed by atoms with Gasteiger partial charge in [0.1, 0.15) is 0 Å². The van der Waals surface area contributed by atoms with Crippen LogP contribution in [0.5, 0.6) is 0 Å². The zero-order valence-corrected chi connectivity index (χ0v) is 61.8. The molecule has 110 heavy (non-hydrogen) atoms. The molecule has 0 radical (unpaired) electrons. The van der Waals surface area contributed by atoms with Crippen LogP contribution < -0.4 is 26.2 Å². The standard InChI is InChI=1S/C104H78BN5/c1-103(2,3)77-55-75(56-78(63-77)104(4,5)6)76-61-100-102-101(62-76)110(83-59-73(69-33-15-9-16-34-69)54-74(60-83)70-35-17-10-18-36-70)99-66-81(108-96-46-28-23-41-88(96)89-64-79(49-52-97(89)108)106-92-42-24-19-37-84(92)85-38-20-25-43-93(85)106)48-51-91(99)105(102)90-50-47-80(107-94-44-26-21-39-86(94)87-40-22-27-45-95(87)107)65-98(90)109(100)82-57-71(67-29-11-7-12-30-67)53-72(58-82)68-31-13-8-14-32-68/h7-66H,1-6H3/i21D,22D,26D,27D,39D,40D,44D,45D. The molecule has 522 valence electrons. The molecule has 5 nitrogen and oxygen atoms in total. The van der Waals surface area contributed by atoms with Gasteiger partial charge in [-0.1, -0.05) is 284 Å². The summed E-state index contributed by atoms with van der Waals surface area (Å²) in [5, 5.41) is 4.63. The highest BCUT2D eigenvalue weighted by molar-refractivity contribution is 7.00. The SMILES string of the molecule is [2H]c1c([2H])c([2H])c2c(c1[2H])c1c([2H])c([2H])c([2H])c([2H])c1n2-c1ccc2c(c1)N(c1cc(-c3ccccc3)cc(-c3ccccc3)c1)c1cc(-c3cc(C(C)(C)C)cc(C(C)(C)C)c3)cc3c1B2c1ccc(-n2c4ccccc4c4cc(-n5c6ccccc6c6ccccc65)ccc42)cc1N3c1cc(-c2ccccc2)cc(-c2ccccc2)c1. The largest absolute Gasteiger partial charge is 0.311 e. The van der Waals surface area contributed by atoms with Gasteiger partial charge in [-0.05, 0) is 215 Å². The fourth-order valence-corrected chi connectivity index (χ4v) is 17.6. The molecule has 0 fully saturated rings. The molecular formula is C104H78BN5. The van der Waals surface area contributed by atoms with Crippen LogP contribution in [-0.4, -0.2) is 20.4 Å². The summed E-state index contributed by atoms with van der Waals surface area (Å²) in [7, 11) is 0. The van der Waals surface area contributed by atoms with E-state index in [4.69, 9.17) is 2.74 Å². The Balaban J connectivity index is 0.916. The van der Waals surface area contributed by atoms with Gasteiger partial charge in [0, 0.05) is 83.5 Å². The van der Waals surface area contributed by atoms with E-state index in [9.17, 15) is 8.22 Å². The van der Waals surface area contributed by atoms with Gasteiger partial charge in [0.05, 0.1) is 44.1 Å². The van der Waals surface area contributed by atoms with Gasteiger partial charge < -0.3 is 23.5 Å². The first-order chi connectivity index (χ1) is 57.1. The normalized spacial score (nSPS) is 13.8. The van der Waals surface area contributed by atoms with Crippen LogP contribution in [0.3, 0.4) is 0 Å². The van der Waals surface area contributed by atoms with Crippen LogP contribution in [0.4, 0.5) is 34.1 Å². The van der Waals surface area contributed by atoms with Crippen molar-refractivity contribution >= 4 is 123 Å². The molecule has 16 aromatic carbocycles. The lowest BCUT2D eigenvalue weighted by molar-refractivity contribution is 0.569. The lowest BCUT2D eigenvalue weighted by Gasteiger charge is -2.45. The van der Waals surface area contributed by atoms with Gasteiger partial charge in [-0.15, -0.1) is 0 Å². The molecule has 0 amide bonds. The van der Waals surface area contributed by atoms with Crippen molar-refractivity contribution in [2.24, 2.45) is 0 Å². The summed E-state index contributed by atoms with van der Waals surface area (Å²) in [6, 6.07) is 111. The van der Waals surface area contributed by atoms with Crippen molar-refractivity contribution in [3.05, 3.63) is 375 Å². The third-order valence-electron chi connectivity index (χ3n) is 22.9. The van der Waals surface area contributed by atoms with Crippen molar-refractivity contribution in [2.75, 3.05) is 9.80 Å². The van der Waals surface area contributed by atoms with E-state index in [2.05, 4.69) is 358 Å². The van der Waals surface area contributed by atoms with Crippen molar-refractivity contribution in [3.8, 4) is 72.7 Å². The Hall–Kier alpha value is -13.4. The molecule has 0 bridgehead atoms. The molecule has 21 rings (SSSR count). The number of nitrogens with zero attached hydrogens (tertiary/aromatic N) is 5. The van der Waals surface area contributed by atoms with Crippen LogP contribution in [0.25, 0.3) is 138 Å². The van der Waals surface area contributed by atoms with E-state index in [-0.39, 0.29) is 44.7 Å². The van der Waals surface area contributed by atoms with Crippen molar-refractivity contribution < 1.29 is 11.0 Å². The van der Waals surface area contributed by atoms with E-state index in [1.54, 1.807) is 4.57 Å². The molecular weight excluding hydrogens is 1330 g/mol. The second-order valence-electron chi connectivity index (χ2n) is 31.5. The summed E-state index contributed by atoms with van der Waals surface area (Å²) in [6.45, 7) is 13.2. The van der Waals surface area contributed by atoms with Crippen molar-refractivity contribution in [3.63, 3.8) is 0 Å². The van der Waals surface area contributed by atoms with Gasteiger partial charge in [-0.25, -0.2) is 0 Å². The van der Waals surface area contributed by atoms with Crippen LogP contribution >= 0.6 is 0 Å². The Morgan fingerprint density at radius 1 is 0.236 bits per heavy atom. The smallest absolute Gasteiger partial charge is 0.252 e. The maximum atomic E-state index is 9.87. The fourth-order valence-electron chi connectivity index (χ4n) is 17.6. The molecule has 0 atom stereocenters. The summed E-state index contributed by atoms with van der Waals surface area (Å²) < 4.78 is 82.3. The van der Waals surface area contributed by atoms with E-state index >= 15 is 0 Å². The highest BCUT2D eigenvalue weighted by Gasteiger charge is 2.45. The number of anilines is 6. The van der Waals surface area contributed by atoms with E-state index in [1.165, 1.54) is 21.9 Å². The molecule has 6 heteroatoms. The molecule has 0 aliphatic carbocycles. The average Bonchev–Trinajstić information content (AvgIpc) is 1.12. The first kappa shape index (κ1) is 56.9. The summed E-state index contributed by atoms with van der Waals surface area (Å²) in [5.41, 5.74) is 27.3. The van der Waals surface area contributed by atoms with Crippen LogP contribution in [0.2, 0.25) is 0 Å². The fraction of sp³-hybridized carbons (Fsp3) is 0.0769. The lowest BCUT2D eigenvalue weighted by Crippen LogP contribution is -2.61. The first-order valence-corrected chi connectivity index (χ1v) is 37.9. The quantitative estimate of drug-likeness (QED) is 0.127. The zero-order valence-electron chi connectivity index (χ0n) is 69.8.